The summed E-state index contributed by atoms with van der Waals surface area (Å²) in [5.41, 5.74) is 2.07. The molecular weight excluding hydrogens is 404 g/mol. The highest BCUT2D eigenvalue weighted by molar-refractivity contribution is 5.46. The summed E-state index contributed by atoms with van der Waals surface area (Å²) in [6.07, 6.45) is -3.91. The third-order valence-electron chi connectivity index (χ3n) is 6.48. The highest BCUT2D eigenvalue weighted by atomic mass is 16.8. The normalized spacial score (nSPS) is 34.0. The quantitative estimate of drug-likeness (QED) is 0.550. The Hall–Kier alpha value is -2.20. The van der Waals surface area contributed by atoms with Crippen LogP contribution >= 0.6 is 0 Å². The third kappa shape index (κ3) is 3.14. The van der Waals surface area contributed by atoms with Gasteiger partial charge in [-0.2, -0.15) is 0 Å². The van der Waals surface area contributed by atoms with Crippen molar-refractivity contribution >= 4 is 0 Å². The van der Waals surface area contributed by atoms with Crippen LogP contribution in [-0.4, -0.2) is 70.8 Å². The van der Waals surface area contributed by atoms with Crippen LogP contribution in [0.5, 0.6) is 11.5 Å². The summed E-state index contributed by atoms with van der Waals surface area (Å²) >= 11 is 0. The zero-order chi connectivity index (χ0) is 21.8. The molecule has 5 unspecified atom stereocenters. The van der Waals surface area contributed by atoms with E-state index in [-0.39, 0.29) is 6.61 Å². The van der Waals surface area contributed by atoms with Gasteiger partial charge in [0.15, 0.2) is 11.5 Å². The lowest BCUT2D eigenvalue weighted by molar-refractivity contribution is -0.329. The van der Waals surface area contributed by atoms with Crippen molar-refractivity contribution in [3.05, 3.63) is 58.7 Å². The molecule has 0 aliphatic carbocycles. The molecule has 2 aromatic carbocycles. The van der Waals surface area contributed by atoms with Crippen LogP contribution in [0.15, 0.2) is 36.4 Å². The maximum Gasteiger partial charge on any atom is 0.225 e. The lowest BCUT2D eigenvalue weighted by Crippen LogP contribution is -2.65. The molecule has 2 saturated heterocycles. The second-order valence-corrected chi connectivity index (χ2v) is 8.46. The van der Waals surface area contributed by atoms with Crippen molar-refractivity contribution in [1.29, 1.82) is 0 Å². The number of fused-ring (bicyclic) bond motifs is 3. The number of benzene rings is 2. The van der Waals surface area contributed by atoms with Gasteiger partial charge in [0.2, 0.25) is 5.79 Å². The van der Waals surface area contributed by atoms with Gasteiger partial charge in [-0.1, -0.05) is 18.2 Å². The Kier molecular flexibility index (Phi) is 4.97. The Morgan fingerprint density at radius 1 is 0.968 bits per heavy atom. The van der Waals surface area contributed by atoms with Gasteiger partial charge >= 0.3 is 0 Å². The Morgan fingerprint density at radius 2 is 1.74 bits per heavy atom. The molecule has 3 aliphatic heterocycles. The topological polar surface area (TPSA) is 118 Å². The summed E-state index contributed by atoms with van der Waals surface area (Å²) in [5, 5.41) is 41.3. The predicted octanol–water partition coefficient (Wildman–Crippen LogP) is 0.384. The largest absolute Gasteiger partial charge is 0.486 e. The SMILES string of the molecule is Cc1ccc(C23OCC(CO)(O2)C(O)C(O)C3O)cc1Cc1ccc2c(c1)OCCO2. The summed E-state index contributed by atoms with van der Waals surface area (Å²) in [5.74, 6) is -0.229. The molecule has 0 amide bonds. The molecule has 3 heterocycles. The summed E-state index contributed by atoms with van der Waals surface area (Å²) < 4.78 is 23.0. The molecule has 0 spiro atoms. The van der Waals surface area contributed by atoms with Gasteiger partial charge in [0.25, 0.3) is 0 Å². The zero-order valence-electron chi connectivity index (χ0n) is 17.2. The van der Waals surface area contributed by atoms with Gasteiger partial charge in [0.1, 0.15) is 37.1 Å². The molecule has 2 fully saturated rings. The van der Waals surface area contributed by atoms with Gasteiger partial charge in [-0.15, -0.1) is 0 Å². The monoisotopic (exact) mass is 430 g/mol. The minimum absolute atomic E-state index is 0.149. The Balaban J connectivity index is 1.49. The van der Waals surface area contributed by atoms with E-state index in [4.69, 9.17) is 18.9 Å². The fourth-order valence-electron chi connectivity index (χ4n) is 4.57. The van der Waals surface area contributed by atoms with Gasteiger partial charge in [-0.25, -0.2) is 0 Å². The second-order valence-electron chi connectivity index (χ2n) is 8.46. The van der Waals surface area contributed by atoms with Gasteiger partial charge < -0.3 is 39.4 Å². The van der Waals surface area contributed by atoms with Crippen molar-refractivity contribution < 1.29 is 39.4 Å². The summed E-state index contributed by atoms with van der Waals surface area (Å²) in [4.78, 5) is 0. The minimum Gasteiger partial charge on any atom is -0.486 e. The average Bonchev–Trinajstić information content (AvgIpc) is 3.18. The first kappa shape index (κ1) is 20.7. The van der Waals surface area contributed by atoms with E-state index in [0.717, 1.165) is 22.4 Å². The van der Waals surface area contributed by atoms with E-state index in [0.29, 0.717) is 30.9 Å². The van der Waals surface area contributed by atoms with Crippen LogP contribution in [-0.2, 0) is 21.7 Å². The van der Waals surface area contributed by atoms with Crippen molar-refractivity contribution in [2.75, 3.05) is 26.4 Å². The van der Waals surface area contributed by atoms with Crippen molar-refractivity contribution in [3.63, 3.8) is 0 Å². The molecule has 4 N–H and O–H groups in total. The van der Waals surface area contributed by atoms with Crippen molar-refractivity contribution in [3.8, 4) is 11.5 Å². The fourth-order valence-corrected chi connectivity index (χ4v) is 4.57. The summed E-state index contributed by atoms with van der Waals surface area (Å²) in [6.45, 7) is 2.34. The van der Waals surface area contributed by atoms with Gasteiger partial charge in [0.05, 0.1) is 13.2 Å². The fraction of sp³-hybridized carbons (Fsp3) is 0.478. The molecule has 5 atom stereocenters. The Morgan fingerprint density at radius 3 is 2.52 bits per heavy atom. The van der Waals surface area contributed by atoms with E-state index in [1.54, 1.807) is 6.07 Å². The van der Waals surface area contributed by atoms with Crippen LogP contribution in [0.3, 0.4) is 0 Å². The molecule has 3 aliphatic rings. The number of aliphatic hydroxyl groups is 4. The van der Waals surface area contributed by atoms with Gasteiger partial charge in [0, 0.05) is 5.56 Å². The molecule has 8 nitrogen and oxygen atoms in total. The van der Waals surface area contributed by atoms with E-state index in [2.05, 4.69) is 0 Å². The van der Waals surface area contributed by atoms with E-state index in [9.17, 15) is 20.4 Å². The van der Waals surface area contributed by atoms with Crippen LogP contribution in [0.4, 0.5) is 0 Å². The number of aryl methyl sites for hydroxylation is 1. The van der Waals surface area contributed by atoms with Crippen LogP contribution in [0.2, 0.25) is 0 Å². The predicted molar refractivity (Wildman–Crippen MR) is 108 cm³/mol. The number of aliphatic hydroxyl groups excluding tert-OH is 4. The summed E-state index contributed by atoms with van der Waals surface area (Å²) in [7, 11) is 0. The molecule has 0 saturated carbocycles. The van der Waals surface area contributed by atoms with Crippen molar-refractivity contribution in [2.24, 2.45) is 0 Å². The molecule has 2 bridgehead atoms. The maximum absolute atomic E-state index is 10.8. The molecule has 0 radical (unpaired) electrons. The zero-order valence-corrected chi connectivity index (χ0v) is 17.2. The van der Waals surface area contributed by atoms with Crippen molar-refractivity contribution in [1.82, 2.24) is 0 Å². The highest BCUT2D eigenvalue weighted by Gasteiger charge is 2.67. The Bertz CT molecular complexity index is 994. The van der Waals surface area contributed by atoms with Crippen LogP contribution in [0.1, 0.15) is 22.3 Å². The molecule has 31 heavy (non-hydrogen) atoms. The van der Waals surface area contributed by atoms with Crippen molar-refractivity contribution in [2.45, 2.75) is 43.0 Å². The van der Waals surface area contributed by atoms with Gasteiger partial charge in [-0.05, 0) is 48.2 Å². The third-order valence-corrected chi connectivity index (χ3v) is 6.48. The first-order chi connectivity index (χ1) is 14.9. The van der Waals surface area contributed by atoms with Gasteiger partial charge in [-0.3, -0.25) is 0 Å². The molecule has 5 rings (SSSR count). The maximum atomic E-state index is 10.8. The summed E-state index contributed by atoms with van der Waals surface area (Å²) in [6, 6.07) is 11.4. The first-order valence-electron chi connectivity index (χ1n) is 10.4. The van der Waals surface area contributed by atoms with E-state index in [1.807, 2.05) is 37.3 Å². The molecule has 8 heteroatoms. The standard InChI is InChI=1S/C23H26O8/c1-13-2-4-16(23-21(27)19(25)20(26)22(11-24,31-23)12-30-23)10-15(13)8-14-3-5-17-18(9-14)29-7-6-28-17/h2-5,9-10,19-21,24-27H,6-8,11-12H2,1H3. The molecule has 0 aromatic heterocycles. The van der Waals surface area contributed by atoms with E-state index in [1.165, 1.54) is 0 Å². The molecule has 2 aromatic rings. The highest BCUT2D eigenvalue weighted by Crippen LogP contribution is 2.49. The average molecular weight is 430 g/mol. The number of rotatable bonds is 4. The van der Waals surface area contributed by atoms with E-state index >= 15 is 0 Å². The molecular formula is C23H26O8. The minimum atomic E-state index is -1.67. The molecule has 166 valence electrons. The number of hydrogen-bond acceptors (Lipinski definition) is 8. The number of ether oxygens (including phenoxy) is 4. The Labute approximate surface area is 179 Å². The van der Waals surface area contributed by atoms with Crippen LogP contribution in [0.25, 0.3) is 0 Å². The van der Waals surface area contributed by atoms with Crippen LogP contribution < -0.4 is 9.47 Å². The number of hydrogen-bond donors (Lipinski definition) is 4. The lowest BCUT2D eigenvalue weighted by Gasteiger charge is -2.46. The second kappa shape index (κ2) is 7.44. The van der Waals surface area contributed by atoms with Crippen LogP contribution in [0, 0.1) is 6.92 Å². The first-order valence-corrected chi connectivity index (χ1v) is 10.4. The lowest BCUT2D eigenvalue weighted by atomic mass is 9.83. The smallest absolute Gasteiger partial charge is 0.225 e. The van der Waals surface area contributed by atoms with E-state index < -0.39 is 36.3 Å².